The highest BCUT2D eigenvalue weighted by Crippen LogP contribution is 2.34. The molecule has 1 aromatic carbocycles. The Morgan fingerprint density at radius 1 is 1.35 bits per heavy atom. The van der Waals surface area contributed by atoms with Crippen molar-refractivity contribution in [1.82, 2.24) is 5.32 Å². The first kappa shape index (κ1) is 14.2. The lowest BCUT2D eigenvalue weighted by atomic mass is 9.75. The number of aromatic hydroxyl groups is 1. The molecule has 0 radical (unpaired) electrons. The van der Waals surface area contributed by atoms with Crippen LogP contribution >= 0.6 is 0 Å². The van der Waals surface area contributed by atoms with Crippen LogP contribution < -0.4 is 10.6 Å². The molecule has 0 bridgehead atoms. The van der Waals surface area contributed by atoms with E-state index in [1.807, 2.05) is 6.92 Å². The Hall–Kier alpha value is -2.24. The van der Waals surface area contributed by atoms with Crippen molar-refractivity contribution in [3.05, 3.63) is 23.8 Å². The fraction of sp³-hybridized carbons (Fsp3) is 0.429. The molecular weight excluding hydrogens is 260 g/mol. The molecule has 0 spiro atoms. The predicted molar refractivity (Wildman–Crippen MR) is 74.1 cm³/mol. The molecule has 2 amide bonds. The lowest BCUT2D eigenvalue weighted by Gasteiger charge is -2.41. The normalized spacial score (nSPS) is 16.1. The Bertz CT molecular complexity index is 532. The molecule has 0 unspecified atom stereocenters. The third-order valence-electron chi connectivity index (χ3n) is 3.85. The maximum absolute atomic E-state index is 11.9. The Kier molecular flexibility index (Phi) is 3.83. The number of phenols is 1. The summed E-state index contributed by atoms with van der Waals surface area (Å²) in [7, 11) is 0. The maximum atomic E-state index is 11.9. The monoisotopic (exact) mass is 278 g/mol. The molecule has 0 heterocycles. The van der Waals surface area contributed by atoms with Gasteiger partial charge in [0.2, 0.25) is 0 Å². The lowest BCUT2D eigenvalue weighted by molar-refractivity contribution is 0.0693. The molecule has 0 aromatic heterocycles. The summed E-state index contributed by atoms with van der Waals surface area (Å²) in [4.78, 5) is 22.7. The van der Waals surface area contributed by atoms with Crippen molar-refractivity contribution in [3.63, 3.8) is 0 Å². The molecule has 2 rings (SSSR count). The van der Waals surface area contributed by atoms with E-state index in [1.54, 1.807) is 0 Å². The quantitative estimate of drug-likeness (QED) is 0.680. The van der Waals surface area contributed by atoms with E-state index in [1.165, 1.54) is 18.2 Å². The molecule has 1 aliphatic rings. The van der Waals surface area contributed by atoms with Crippen molar-refractivity contribution in [2.75, 3.05) is 5.32 Å². The highest BCUT2D eigenvalue weighted by atomic mass is 16.4. The van der Waals surface area contributed by atoms with E-state index in [9.17, 15) is 14.7 Å². The molecule has 0 aliphatic heterocycles. The van der Waals surface area contributed by atoms with Gasteiger partial charge in [0.15, 0.2) is 0 Å². The van der Waals surface area contributed by atoms with Gasteiger partial charge in [-0.25, -0.2) is 9.59 Å². The zero-order valence-corrected chi connectivity index (χ0v) is 11.3. The van der Waals surface area contributed by atoms with Crippen molar-refractivity contribution >= 4 is 17.7 Å². The second-order valence-electron chi connectivity index (χ2n) is 5.10. The van der Waals surface area contributed by atoms with Gasteiger partial charge >= 0.3 is 12.0 Å². The predicted octanol–water partition coefficient (Wildman–Crippen LogP) is 2.54. The first-order valence-electron chi connectivity index (χ1n) is 6.61. The van der Waals surface area contributed by atoms with Crippen molar-refractivity contribution in [1.29, 1.82) is 0 Å². The number of carbonyl (C=O) groups is 2. The second kappa shape index (κ2) is 5.40. The topological polar surface area (TPSA) is 98.7 Å². The summed E-state index contributed by atoms with van der Waals surface area (Å²) in [5.74, 6) is -1.58. The van der Waals surface area contributed by atoms with E-state index in [2.05, 4.69) is 10.6 Å². The number of hydrogen-bond donors (Lipinski definition) is 4. The minimum atomic E-state index is -1.21. The van der Waals surface area contributed by atoms with E-state index in [4.69, 9.17) is 5.11 Å². The number of nitrogens with one attached hydrogen (secondary N) is 2. The van der Waals surface area contributed by atoms with Gasteiger partial charge in [-0.15, -0.1) is 0 Å². The summed E-state index contributed by atoms with van der Waals surface area (Å²) in [6.07, 6.45) is 3.94. The van der Waals surface area contributed by atoms with Crippen LogP contribution in [0.1, 0.15) is 43.0 Å². The van der Waals surface area contributed by atoms with Crippen molar-refractivity contribution in [2.24, 2.45) is 0 Å². The van der Waals surface area contributed by atoms with Crippen LogP contribution in [0.5, 0.6) is 5.75 Å². The molecule has 1 aliphatic carbocycles. The summed E-state index contributed by atoms with van der Waals surface area (Å²) in [5, 5.41) is 23.9. The van der Waals surface area contributed by atoms with Crippen molar-refractivity contribution in [2.45, 2.75) is 38.1 Å². The number of aromatic carboxylic acids is 1. The van der Waals surface area contributed by atoms with Gasteiger partial charge < -0.3 is 20.8 Å². The average Bonchev–Trinajstić information content (AvgIpc) is 2.33. The minimum Gasteiger partial charge on any atom is -0.507 e. The van der Waals surface area contributed by atoms with Gasteiger partial charge in [0.1, 0.15) is 11.3 Å². The second-order valence-corrected chi connectivity index (χ2v) is 5.10. The standard InChI is InChI=1S/C14H18N2O4/c1-2-14(6-3-7-14)16-13(20)15-9-4-5-10(12(18)19)11(17)8-9/h4-5,8,17H,2-3,6-7H2,1H3,(H,18,19)(H2,15,16,20). The largest absolute Gasteiger partial charge is 0.507 e. The molecule has 108 valence electrons. The maximum Gasteiger partial charge on any atom is 0.339 e. The van der Waals surface area contributed by atoms with Crippen molar-refractivity contribution in [3.8, 4) is 5.75 Å². The molecule has 0 saturated heterocycles. The van der Waals surface area contributed by atoms with Crippen LogP contribution in [0.15, 0.2) is 18.2 Å². The van der Waals surface area contributed by atoms with Crippen LogP contribution in [0.3, 0.4) is 0 Å². The number of hydrogen-bond acceptors (Lipinski definition) is 3. The minimum absolute atomic E-state index is 0.118. The van der Waals surface area contributed by atoms with Gasteiger partial charge in [-0.2, -0.15) is 0 Å². The van der Waals surface area contributed by atoms with Gasteiger partial charge in [0, 0.05) is 17.3 Å². The Labute approximate surface area is 116 Å². The van der Waals surface area contributed by atoms with E-state index in [0.29, 0.717) is 5.69 Å². The average molecular weight is 278 g/mol. The number of urea groups is 1. The molecule has 4 N–H and O–H groups in total. The van der Waals surface area contributed by atoms with Gasteiger partial charge in [0.05, 0.1) is 0 Å². The van der Waals surface area contributed by atoms with Crippen molar-refractivity contribution < 1.29 is 19.8 Å². The third kappa shape index (κ3) is 2.84. The zero-order valence-electron chi connectivity index (χ0n) is 11.3. The van der Waals surface area contributed by atoms with Crippen LogP contribution in [-0.2, 0) is 0 Å². The van der Waals surface area contributed by atoms with Gasteiger partial charge in [-0.05, 0) is 37.8 Å². The molecule has 0 atom stereocenters. The van der Waals surface area contributed by atoms with Crippen LogP contribution in [0.2, 0.25) is 0 Å². The van der Waals surface area contributed by atoms with Gasteiger partial charge in [-0.3, -0.25) is 0 Å². The fourth-order valence-electron chi connectivity index (χ4n) is 2.36. The molecular formula is C14H18N2O4. The van der Waals surface area contributed by atoms with Crippen LogP contribution in [0, 0.1) is 0 Å². The Morgan fingerprint density at radius 3 is 2.50 bits per heavy atom. The van der Waals surface area contributed by atoms with E-state index in [0.717, 1.165) is 25.7 Å². The number of amides is 2. The summed E-state index contributed by atoms with van der Waals surface area (Å²) in [6, 6.07) is 3.59. The number of rotatable bonds is 4. The number of carboxylic acids is 1. The summed E-state index contributed by atoms with van der Waals surface area (Å²) in [6.45, 7) is 2.03. The number of carbonyl (C=O) groups excluding carboxylic acids is 1. The van der Waals surface area contributed by atoms with E-state index in [-0.39, 0.29) is 22.9 Å². The summed E-state index contributed by atoms with van der Waals surface area (Å²) in [5.41, 5.74) is 0.0446. The zero-order chi connectivity index (χ0) is 14.8. The van der Waals surface area contributed by atoms with E-state index >= 15 is 0 Å². The van der Waals surface area contributed by atoms with Crippen LogP contribution in [-0.4, -0.2) is 27.8 Å². The lowest BCUT2D eigenvalue weighted by Crippen LogP contribution is -2.54. The number of anilines is 1. The highest BCUT2D eigenvalue weighted by Gasteiger charge is 2.36. The van der Waals surface area contributed by atoms with Crippen LogP contribution in [0.25, 0.3) is 0 Å². The number of benzene rings is 1. The van der Waals surface area contributed by atoms with Gasteiger partial charge in [0.25, 0.3) is 0 Å². The summed E-state index contributed by atoms with van der Waals surface area (Å²) >= 11 is 0. The summed E-state index contributed by atoms with van der Waals surface area (Å²) < 4.78 is 0. The molecule has 1 aromatic rings. The SMILES string of the molecule is CCC1(NC(=O)Nc2ccc(C(=O)O)c(O)c2)CCC1. The Balaban J connectivity index is 2.01. The molecule has 6 nitrogen and oxygen atoms in total. The first-order chi connectivity index (χ1) is 9.46. The first-order valence-corrected chi connectivity index (χ1v) is 6.61. The van der Waals surface area contributed by atoms with Gasteiger partial charge in [-0.1, -0.05) is 6.92 Å². The number of carboxylic acid groups (broad SMARTS) is 1. The Morgan fingerprint density at radius 2 is 2.05 bits per heavy atom. The van der Waals surface area contributed by atoms with E-state index < -0.39 is 5.97 Å². The third-order valence-corrected chi connectivity index (χ3v) is 3.85. The molecule has 1 saturated carbocycles. The molecule has 1 fully saturated rings. The molecule has 20 heavy (non-hydrogen) atoms. The fourth-order valence-corrected chi connectivity index (χ4v) is 2.36. The molecule has 6 heteroatoms. The highest BCUT2D eigenvalue weighted by molar-refractivity contribution is 5.94. The van der Waals surface area contributed by atoms with Crippen LogP contribution in [0.4, 0.5) is 10.5 Å². The smallest absolute Gasteiger partial charge is 0.339 e.